The van der Waals surface area contributed by atoms with Crippen molar-refractivity contribution >= 4 is 33.7 Å². The predicted octanol–water partition coefficient (Wildman–Crippen LogP) is 3.84. The van der Waals surface area contributed by atoms with Crippen molar-refractivity contribution in [1.82, 2.24) is 24.6 Å². The number of nitrogens with one attached hydrogen (secondary N) is 1. The maximum atomic E-state index is 4.72. The zero-order valence-corrected chi connectivity index (χ0v) is 19.1. The molecule has 4 aromatic rings. The molecule has 1 N–H and O–H groups in total. The van der Waals surface area contributed by atoms with E-state index < -0.39 is 0 Å². The Morgan fingerprint density at radius 2 is 1.94 bits per heavy atom. The van der Waals surface area contributed by atoms with E-state index in [0.717, 1.165) is 61.2 Å². The molecule has 0 aliphatic carbocycles. The Bertz CT molecular complexity index is 1230. The smallest absolute Gasteiger partial charge is 0.244 e. The average molecular weight is 430 g/mol. The first kappa shape index (κ1) is 20.7. The Labute approximate surface area is 189 Å². The number of piperazine rings is 1. The summed E-state index contributed by atoms with van der Waals surface area (Å²) in [7, 11) is 2.03. The lowest BCUT2D eigenvalue weighted by atomic mass is 10.1. The number of benzene rings is 2. The first-order valence-corrected chi connectivity index (χ1v) is 11.5. The van der Waals surface area contributed by atoms with E-state index >= 15 is 0 Å². The van der Waals surface area contributed by atoms with Gasteiger partial charge in [0.15, 0.2) is 5.65 Å². The van der Waals surface area contributed by atoms with E-state index in [1.54, 1.807) is 0 Å². The van der Waals surface area contributed by atoms with Crippen LogP contribution in [-0.4, -0.2) is 63.4 Å². The quantitative estimate of drug-likeness (QED) is 0.470. The normalized spacial score (nSPS) is 17.3. The fraction of sp³-hybridized carbons (Fsp3) is 0.400. The van der Waals surface area contributed by atoms with Gasteiger partial charge in [0, 0.05) is 50.3 Å². The minimum absolute atomic E-state index is 0.514. The lowest BCUT2D eigenvalue weighted by Gasteiger charge is -2.41. The lowest BCUT2D eigenvalue weighted by Crippen LogP contribution is -2.52. The molecule has 0 bridgehead atoms. The zero-order valence-electron chi connectivity index (χ0n) is 19.1. The van der Waals surface area contributed by atoms with E-state index in [1.807, 2.05) is 19.2 Å². The van der Waals surface area contributed by atoms with Gasteiger partial charge in [0.2, 0.25) is 5.95 Å². The third-order valence-corrected chi connectivity index (χ3v) is 6.49. The summed E-state index contributed by atoms with van der Waals surface area (Å²) in [6.45, 7) is 9.65. The number of fused-ring (bicyclic) bond motifs is 3. The molecule has 7 heteroatoms. The molecule has 0 amide bonds. The maximum Gasteiger partial charge on any atom is 0.244 e. The molecular formula is C25H31N7. The SMILES string of the molecule is Cc1cccc(N2CCN(CCCNc3nnc4c5ccccc5n(C)c4n3)CC2C)c1. The summed E-state index contributed by atoms with van der Waals surface area (Å²) in [5.41, 5.74) is 5.51. The summed E-state index contributed by atoms with van der Waals surface area (Å²) < 4.78 is 2.08. The number of anilines is 2. The van der Waals surface area contributed by atoms with Gasteiger partial charge in [-0.15, -0.1) is 10.2 Å². The standard InChI is InChI=1S/C25H31N7/c1-18-8-6-9-20(16-18)32-15-14-31(17-19(32)2)13-7-12-26-25-27-24-23(28-29-25)21-10-4-5-11-22(21)30(24)3/h4-6,8-11,16,19H,7,12-15,17H2,1-3H3,(H,26,27,29). The second kappa shape index (κ2) is 8.74. The second-order valence-corrected chi connectivity index (χ2v) is 8.85. The summed E-state index contributed by atoms with van der Waals surface area (Å²) >= 11 is 0. The van der Waals surface area contributed by atoms with Crippen LogP contribution in [0.5, 0.6) is 0 Å². The first-order valence-electron chi connectivity index (χ1n) is 11.5. The van der Waals surface area contributed by atoms with Gasteiger partial charge in [-0.05, 0) is 50.6 Å². The van der Waals surface area contributed by atoms with Gasteiger partial charge in [0.25, 0.3) is 0 Å². The van der Waals surface area contributed by atoms with Crippen LogP contribution < -0.4 is 10.2 Å². The van der Waals surface area contributed by atoms with Crippen LogP contribution in [0.3, 0.4) is 0 Å². The van der Waals surface area contributed by atoms with E-state index in [-0.39, 0.29) is 0 Å². The highest BCUT2D eigenvalue weighted by Gasteiger charge is 2.23. The van der Waals surface area contributed by atoms with Crippen molar-refractivity contribution in [2.75, 3.05) is 42.9 Å². The summed E-state index contributed by atoms with van der Waals surface area (Å²) in [5.74, 6) is 0.598. The number of aryl methyl sites for hydroxylation is 2. The summed E-state index contributed by atoms with van der Waals surface area (Å²) in [4.78, 5) is 9.81. The Hall–Kier alpha value is -3.19. The maximum absolute atomic E-state index is 4.72. The van der Waals surface area contributed by atoms with Crippen LogP contribution in [0.15, 0.2) is 48.5 Å². The molecule has 2 aromatic carbocycles. The lowest BCUT2D eigenvalue weighted by molar-refractivity contribution is 0.228. The molecule has 3 heterocycles. The number of para-hydroxylation sites is 1. The van der Waals surface area contributed by atoms with E-state index in [0.29, 0.717) is 12.0 Å². The molecule has 0 radical (unpaired) electrons. The van der Waals surface area contributed by atoms with Crippen LogP contribution in [-0.2, 0) is 7.05 Å². The van der Waals surface area contributed by atoms with Crippen LogP contribution in [0.1, 0.15) is 18.9 Å². The molecule has 0 saturated carbocycles. The van der Waals surface area contributed by atoms with Gasteiger partial charge in [-0.25, -0.2) is 0 Å². The van der Waals surface area contributed by atoms with Crippen LogP contribution in [0, 0.1) is 6.92 Å². The third-order valence-electron chi connectivity index (χ3n) is 6.49. The fourth-order valence-corrected chi connectivity index (χ4v) is 4.81. The molecule has 1 aliphatic heterocycles. The van der Waals surface area contributed by atoms with Crippen LogP contribution in [0.4, 0.5) is 11.6 Å². The first-order chi connectivity index (χ1) is 15.6. The number of hydrogen-bond acceptors (Lipinski definition) is 6. The Balaban J connectivity index is 1.14. The largest absolute Gasteiger partial charge is 0.366 e. The second-order valence-electron chi connectivity index (χ2n) is 8.85. The van der Waals surface area contributed by atoms with Gasteiger partial charge in [-0.1, -0.05) is 30.3 Å². The summed E-state index contributed by atoms with van der Waals surface area (Å²) in [6.07, 6.45) is 1.05. The Morgan fingerprint density at radius 1 is 1.06 bits per heavy atom. The van der Waals surface area contributed by atoms with Crippen molar-refractivity contribution < 1.29 is 0 Å². The van der Waals surface area contributed by atoms with E-state index in [1.165, 1.54) is 11.3 Å². The van der Waals surface area contributed by atoms with Gasteiger partial charge in [-0.3, -0.25) is 4.90 Å². The van der Waals surface area contributed by atoms with Gasteiger partial charge in [0.1, 0.15) is 5.52 Å². The molecule has 1 unspecified atom stereocenters. The van der Waals surface area contributed by atoms with Gasteiger partial charge in [0.05, 0.1) is 5.52 Å². The predicted molar refractivity (Wildman–Crippen MR) is 131 cm³/mol. The van der Waals surface area contributed by atoms with Crippen molar-refractivity contribution in [3.63, 3.8) is 0 Å². The van der Waals surface area contributed by atoms with E-state index in [9.17, 15) is 0 Å². The number of aromatic nitrogens is 4. The molecule has 1 atom stereocenters. The Morgan fingerprint density at radius 3 is 2.78 bits per heavy atom. The van der Waals surface area contributed by atoms with Crippen molar-refractivity contribution in [2.24, 2.45) is 7.05 Å². The topological polar surface area (TPSA) is 62.1 Å². The molecular weight excluding hydrogens is 398 g/mol. The Kier molecular flexibility index (Phi) is 5.66. The zero-order chi connectivity index (χ0) is 22.1. The number of hydrogen-bond donors (Lipinski definition) is 1. The number of nitrogens with zero attached hydrogens (tertiary/aromatic N) is 6. The number of rotatable bonds is 6. The minimum atomic E-state index is 0.514. The highest BCUT2D eigenvalue weighted by molar-refractivity contribution is 6.04. The highest BCUT2D eigenvalue weighted by atomic mass is 15.3. The average Bonchev–Trinajstić information content (AvgIpc) is 3.09. The molecule has 5 rings (SSSR count). The van der Waals surface area contributed by atoms with Gasteiger partial charge >= 0.3 is 0 Å². The monoisotopic (exact) mass is 429 g/mol. The van der Waals surface area contributed by atoms with Crippen molar-refractivity contribution in [2.45, 2.75) is 26.3 Å². The molecule has 2 aromatic heterocycles. The van der Waals surface area contributed by atoms with Gasteiger partial charge in [-0.2, -0.15) is 4.98 Å². The molecule has 32 heavy (non-hydrogen) atoms. The molecule has 1 aliphatic rings. The minimum Gasteiger partial charge on any atom is -0.366 e. The fourth-order valence-electron chi connectivity index (χ4n) is 4.81. The molecule has 1 fully saturated rings. The van der Waals surface area contributed by atoms with E-state index in [2.05, 4.69) is 80.1 Å². The van der Waals surface area contributed by atoms with Crippen LogP contribution in [0.2, 0.25) is 0 Å². The van der Waals surface area contributed by atoms with Crippen LogP contribution in [0.25, 0.3) is 22.1 Å². The molecule has 7 nitrogen and oxygen atoms in total. The highest BCUT2D eigenvalue weighted by Crippen LogP contribution is 2.25. The molecule has 166 valence electrons. The molecule has 1 saturated heterocycles. The van der Waals surface area contributed by atoms with Crippen molar-refractivity contribution in [3.05, 3.63) is 54.1 Å². The van der Waals surface area contributed by atoms with E-state index in [4.69, 9.17) is 4.98 Å². The van der Waals surface area contributed by atoms with Crippen molar-refractivity contribution in [1.29, 1.82) is 0 Å². The third kappa shape index (κ3) is 4.00. The van der Waals surface area contributed by atoms with Crippen molar-refractivity contribution in [3.8, 4) is 0 Å². The summed E-state index contributed by atoms with van der Waals surface area (Å²) in [6, 6.07) is 17.6. The summed E-state index contributed by atoms with van der Waals surface area (Å²) in [5, 5.41) is 13.2. The van der Waals surface area contributed by atoms with Gasteiger partial charge < -0.3 is 14.8 Å². The van der Waals surface area contributed by atoms with Crippen LogP contribution >= 0.6 is 0 Å². The molecule has 0 spiro atoms.